The van der Waals surface area contributed by atoms with Gasteiger partial charge in [0.05, 0.1) is 68.0 Å². The predicted octanol–water partition coefficient (Wildman–Crippen LogP) is 14.3. The van der Waals surface area contributed by atoms with E-state index in [0.717, 1.165) is 13.5 Å². The van der Waals surface area contributed by atoms with E-state index in [2.05, 4.69) is 30.1 Å². The van der Waals surface area contributed by atoms with E-state index in [-0.39, 0.29) is 68.5 Å². The summed E-state index contributed by atoms with van der Waals surface area (Å²) in [6.07, 6.45) is -27.2. The van der Waals surface area contributed by atoms with Crippen LogP contribution in [-0.2, 0) is 120 Å². The molecule has 24 atom stereocenters. The Kier molecular flexibility index (Phi) is 46.1. The lowest BCUT2D eigenvalue weighted by molar-refractivity contribution is -0.372. The second-order valence-corrected chi connectivity index (χ2v) is 31.3. The third kappa shape index (κ3) is 30.6. The molecule has 0 spiro atoms. The average Bonchev–Trinajstić information content (AvgIpc) is 0.686. The maximum atomic E-state index is 15.4. The Labute approximate surface area is 763 Å². The zero-order chi connectivity index (χ0) is 93.7. The molecule has 14 unspecified atom stereocenters. The Balaban J connectivity index is 1.20. The van der Waals surface area contributed by atoms with E-state index in [4.69, 9.17) is 109 Å². The second kappa shape index (κ2) is 57.6. The highest BCUT2D eigenvalue weighted by Gasteiger charge is 2.60. The van der Waals surface area contributed by atoms with Crippen molar-refractivity contribution in [2.45, 2.75) is 279 Å². The van der Waals surface area contributed by atoms with Crippen LogP contribution in [0, 0.1) is 0 Å². The van der Waals surface area contributed by atoms with Crippen LogP contribution in [0.25, 0.3) is 31.3 Å². The number of unbranched alkanes of at least 4 members (excludes halogenated alkanes) is 6. The number of aldehydes is 1. The molecule has 38 heteroatoms. The van der Waals surface area contributed by atoms with Crippen LogP contribution in [0.2, 0.25) is 0 Å². The topological polar surface area (TPSA) is 461 Å². The normalized spacial score (nSPS) is 26.2. The predicted molar refractivity (Wildman–Crippen MR) is 469 cm³/mol. The number of esters is 5. The van der Waals surface area contributed by atoms with Gasteiger partial charge in [0, 0.05) is 75.0 Å². The molecule has 4 heterocycles. The van der Waals surface area contributed by atoms with Crippen LogP contribution in [0.3, 0.4) is 0 Å². The first-order valence-corrected chi connectivity index (χ1v) is 44.8. The fraction of sp³-hybridized carbons (Fsp3) is 0.613. The zero-order valence-corrected chi connectivity index (χ0v) is 75.9. The third-order valence-electron chi connectivity index (χ3n) is 22.1. The monoisotopic (exact) mass is 1830 g/mol. The summed E-state index contributed by atoms with van der Waals surface area (Å²) in [5, 5.41) is 12.7. The summed E-state index contributed by atoms with van der Waals surface area (Å²) in [7, 11) is 5.18. The molecule has 716 valence electrons. The number of methoxy groups -OCH3 is 4. The average molecular weight is 1830 g/mol. The molecule has 0 N–H and O–H groups in total. The van der Waals surface area contributed by atoms with Crippen LogP contribution in [0.4, 0.5) is 0 Å². The molecule has 0 saturated carbocycles. The van der Waals surface area contributed by atoms with Crippen LogP contribution in [0.5, 0.6) is 5.75 Å². The molecule has 4 fully saturated rings. The number of hydrogen-bond donors (Lipinski definition) is 0. The first kappa shape index (κ1) is 105. The number of carbonyl (C=O) groups is 6. The third-order valence-corrected chi connectivity index (χ3v) is 22.1. The van der Waals surface area contributed by atoms with E-state index >= 15 is 14.4 Å². The number of hydrogen-bond acceptors (Lipinski definition) is 32. The van der Waals surface area contributed by atoms with Gasteiger partial charge in [0.25, 0.3) is 0 Å². The Morgan fingerprint density at radius 2 is 0.863 bits per heavy atom. The number of ether oxygens (including phenoxy) is 23. The van der Waals surface area contributed by atoms with Crippen molar-refractivity contribution in [1.82, 2.24) is 0 Å². The summed E-state index contributed by atoms with van der Waals surface area (Å²) in [5.74, 6) is -3.96. The maximum Gasteiger partial charge on any atom is 0.338 e. The summed E-state index contributed by atoms with van der Waals surface area (Å²) in [4.78, 5) is 97.0. The molecule has 4 saturated heterocycles. The number of rotatable bonds is 58. The van der Waals surface area contributed by atoms with Gasteiger partial charge in [-0.15, -0.1) is 0 Å². The SMILES string of the molecule is CCCCOC1C(OCCCC)[C@H](O[C@H]2OC(COC(=O)c3ccccc3)[C@@H](OCCCC)C(OCCCC)C2N=[N+]=[N-])C(C(=O)OC)O[C@H]1O[C@@H]1C(COCc2ccc(OC)cc2)O[C@@H](O[C@@H](CC=O)C(OCCCC)C(OC(=O)c2ccccc2)[C@@H](OC)O[C@@H]2C(COC(=O)c3ccccc3)O[C@H](OC)C(N=[N+]=[N-])C2OCCCC)C(N=[N+]=[N-])C1OC(=O)c1ccccc1. The quantitative estimate of drug-likeness (QED) is 0.00510. The van der Waals surface area contributed by atoms with Crippen molar-refractivity contribution in [2.24, 2.45) is 15.3 Å². The molecule has 0 bridgehead atoms. The van der Waals surface area contributed by atoms with Crippen molar-refractivity contribution in [1.29, 1.82) is 0 Å². The minimum Gasteiger partial charge on any atom is -0.497 e. The summed E-state index contributed by atoms with van der Waals surface area (Å²) >= 11 is 0. The van der Waals surface area contributed by atoms with E-state index in [1.54, 1.807) is 121 Å². The molecule has 5 aromatic carbocycles. The van der Waals surface area contributed by atoms with Crippen LogP contribution in [0.15, 0.2) is 161 Å². The van der Waals surface area contributed by atoms with Crippen LogP contribution in [0.1, 0.15) is 172 Å². The van der Waals surface area contributed by atoms with Crippen LogP contribution < -0.4 is 4.74 Å². The van der Waals surface area contributed by atoms with Crippen molar-refractivity contribution in [3.8, 4) is 5.75 Å². The molecule has 0 aromatic heterocycles. The van der Waals surface area contributed by atoms with Crippen molar-refractivity contribution in [2.75, 3.05) is 87.9 Å². The van der Waals surface area contributed by atoms with E-state index < -0.39 is 203 Å². The maximum absolute atomic E-state index is 15.4. The molecular weight excluding hydrogens is 1710 g/mol. The molecule has 0 radical (unpaired) electrons. The first-order chi connectivity index (χ1) is 64.0. The lowest BCUT2D eigenvalue weighted by atomic mass is 9.94. The van der Waals surface area contributed by atoms with Gasteiger partial charge in [-0.25, -0.2) is 24.0 Å². The van der Waals surface area contributed by atoms with Gasteiger partial charge in [0.2, 0.25) is 0 Å². The molecule has 38 nitrogen and oxygen atoms in total. The number of carbonyl (C=O) groups excluding carboxylic acids is 6. The highest BCUT2D eigenvalue weighted by molar-refractivity contribution is 5.91. The van der Waals surface area contributed by atoms with Crippen molar-refractivity contribution < 1.29 is 138 Å². The van der Waals surface area contributed by atoms with Gasteiger partial charge in [0.1, 0.15) is 111 Å². The number of nitrogens with zero attached hydrogens (tertiary/aromatic N) is 9. The molecule has 4 aliphatic heterocycles. The summed E-state index contributed by atoms with van der Waals surface area (Å²) in [6.45, 7) is 10.2. The fourth-order valence-electron chi connectivity index (χ4n) is 15.1. The van der Waals surface area contributed by atoms with Gasteiger partial charge in [-0.1, -0.05) is 180 Å². The minimum atomic E-state index is -2.00. The van der Waals surface area contributed by atoms with Gasteiger partial charge in [-0.2, -0.15) is 0 Å². The number of azide groups is 3. The highest BCUT2D eigenvalue weighted by atomic mass is 16.8. The smallest absolute Gasteiger partial charge is 0.338 e. The Morgan fingerprint density at radius 3 is 1.35 bits per heavy atom. The second-order valence-electron chi connectivity index (χ2n) is 31.3. The molecular formula is C93H125N9O29. The van der Waals surface area contributed by atoms with Crippen molar-refractivity contribution in [3.63, 3.8) is 0 Å². The molecule has 5 aromatic rings. The van der Waals surface area contributed by atoms with E-state index in [9.17, 15) is 31.0 Å². The van der Waals surface area contributed by atoms with E-state index in [1.807, 2.05) is 41.5 Å². The van der Waals surface area contributed by atoms with Crippen LogP contribution in [-0.4, -0.2) is 271 Å². The molecule has 4 aliphatic rings. The summed E-state index contributed by atoms with van der Waals surface area (Å²) < 4.78 is 152. The van der Waals surface area contributed by atoms with Gasteiger partial charge in [-0.3, -0.25) is 0 Å². The van der Waals surface area contributed by atoms with Crippen LogP contribution >= 0.6 is 0 Å². The fourth-order valence-corrected chi connectivity index (χ4v) is 15.1. The molecule has 0 amide bonds. The van der Waals surface area contributed by atoms with Gasteiger partial charge >= 0.3 is 29.8 Å². The summed E-state index contributed by atoms with van der Waals surface area (Å²) in [5.41, 5.74) is 33.0. The molecule has 131 heavy (non-hydrogen) atoms. The highest BCUT2D eigenvalue weighted by Crippen LogP contribution is 2.41. The standard InChI is InChI=1S/C93H125N9O29/c1-11-17-49-114-72(83(127-87(107)63-41-33-26-34-42-63)92(112-10)128-74-68(58-121-85(105)61-37-29-24-30-38-61)123-89(111-9)69(97-100-94)77(74)117-52-20-14-4)65(47-48-103)122-90-71(99-102-96)78(126-86(106)62-39-31-25-32-40-62)75(66(124-90)56-113-55-59-43-45-64(109-7)46-44-59)129-93-82(119-54-22-16-6)79(118-53-21-15-5)80(81(131-93)88(108)110-8)130-91-70(98-101-95)76(116-51-19-13-3)73(115-50-18-12-2)67(125-91)57-120-84(104)60-35-27-23-28-36-60/h23-46,48,65-83,89-93H,11-22,47,49-58H2,1-10H3/t65-,66?,67?,68?,69?,70?,71?,72?,73+,74+,75+,76?,77?,78?,79?,80-,81?,82?,83?,89-,90+,91+,92-,93+/m0/s1. The molecule has 0 aliphatic carbocycles. The summed E-state index contributed by atoms with van der Waals surface area (Å²) in [6, 6.07) is 34.4. The minimum absolute atomic E-state index is 0.0113. The van der Waals surface area contributed by atoms with E-state index in [0.29, 0.717) is 88.2 Å². The van der Waals surface area contributed by atoms with Crippen molar-refractivity contribution >= 4 is 36.1 Å². The lowest BCUT2D eigenvalue weighted by Gasteiger charge is -2.51. The van der Waals surface area contributed by atoms with E-state index in [1.165, 1.54) is 45.6 Å². The zero-order valence-electron chi connectivity index (χ0n) is 75.9. The lowest BCUT2D eigenvalue weighted by Crippen LogP contribution is -2.68. The van der Waals surface area contributed by atoms with Gasteiger partial charge in [-0.05, 0) is 121 Å². The van der Waals surface area contributed by atoms with Crippen molar-refractivity contribution in [3.05, 3.63) is 205 Å². The Bertz CT molecular complexity index is 4340. The first-order valence-electron chi connectivity index (χ1n) is 44.8. The Morgan fingerprint density at radius 1 is 0.427 bits per heavy atom. The number of benzene rings is 5. The Hall–Kier alpha value is -9.83. The van der Waals surface area contributed by atoms with Gasteiger partial charge < -0.3 is 114 Å². The largest absolute Gasteiger partial charge is 0.497 e. The van der Waals surface area contributed by atoms with Gasteiger partial charge in [0.15, 0.2) is 43.7 Å². The molecule has 9 rings (SSSR count).